The number of hydrogen-bond acceptors (Lipinski definition) is 7. The Balaban J connectivity index is 1.53. The summed E-state index contributed by atoms with van der Waals surface area (Å²) in [5.41, 5.74) is 0. The van der Waals surface area contributed by atoms with E-state index in [1.165, 1.54) is 11.8 Å². The molecule has 1 aliphatic heterocycles. The minimum atomic E-state index is -3.03. The molecule has 1 amide bonds. The molecule has 0 aliphatic carbocycles. The number of amides is 1. The molecule has 0 spiro atoms. The van der Waals surface area contributed by atoms with E-state index in [0.717, 1.165) is 0 Å². The van der Waals surface area contributed by atoms with Crippen LogP contribution in [-0.4, -0.2) is 71.4 Å². The lowest BCUT2D eigenvalue weighted by Gasteiger charge is -2.17. The van der Waals surface area contributed by atoms with Crippen LogP contribution in [0.5, 0.6) is 5.75 Å². The van der Waals surface area contributed by atoms with Crippen LogP contribution < -0.4 is 4.74 Å². The van der Waals surface area contributed by atoms with Crippen molar-refractivity contribution in [2.75, 3.05) is 37.5 Å². The summed E-state index contributed by atoms with van der Waals surface area (Å²) in [5, 5.41) is 9.63. The second-order valence-corrected chi connectivity index (χ2v) is 10.9. The molecule has 0 N–H and O–H groups in total. The highest BCUT2D eigenvalue weighted by Gasteiger charge is 2.33. The number of sulfone groups is 1. The third-order valence-corrected chi connectivity index (χ3v) is 7.89. The van der Waals surface area contributed by atoms with Crippen LogP contribution in [0.2, 0.25) is 5.02 Å². The fourth-order valence-electron chi connectivity index (χ4n) is 3.20. The highest BCUT2D eigenvalue weighted by Crippen LogP contribution is 2.30. The first kappa shape index (κ1) is 23.6. The molecular formula is C20H25ClN4O4S2. The first-order chi connectivity index (χ1) is 14.8. The maximum absolute atomic E-state index is 12.5. The van der Waals surface area contributed by atoms with Gasteiger partial charge in [-0.1, -0.05) is 29.4 Å². The van der Waals surface area contributed by atoms with Crippen molar-refractivity contribution >= 4 is 39.1 Å². The molecule has 0 bridgehead atoms. The third kappa shape index (κ3) is 6.47. The molecular weight excluding hydrogens is 460 g/mol. The van der Waals surface area contributed by atoms with Crippen LogP contribution in [0.1, 0.15) is 18.2 Å². The predicted octanol–water partition coefficient (Wildman–Crippen LogP) is 2.65. The maximum Gasteiger partial charge on any atom is 0.232 e. The molecule has 31 heavy (non-hydrogen) atoms. The average molecular weight is 485 g/mol. The van der Waals surface area contributed by atoms with E-state index >= 15 is 0 Å². The van der Waals surface area contributed by atoms with Gasteiger partial charge in [0.2, 0.25) is 5.91 Å². The van der Waals surface area contributed by atoms with E-state index in [0.29, 0.717) is 47.9 Å². The number of halogens is 1. The minimum absolute atomic E-state index is 0.0668. The number of carbonyl (C=O) groups excluding carboxylic acids is 1. The number of hydrogen-bond donors (Lipinski definition) is 0. The Morgan fingerprint density at radius 3 is 2.77 bits per heavy atom. The number of likely N-dealkylation sites (N-methyl/N-ethyl adjacent to an activating group) is 1. The summed E-state index contributed by atoms with van der Waals surface area (Å²) in [5.74, 6) is 1.54. The highest BCUT2D eigenvalue weighted by molar-refractivity contribution is 7.99. The van der Waals surface area contributed by atoms with Crippen LogP contribution in [0.3, 0.4) is 0 Å². The van der Waals surface area contributed by atoms with Crippen LogP contribution in [0.4, 0.5) is 0 Å². The molecule has 1 fully saturated rings. The van der Waals surface area contributed by atoms with Crippen LogP contribution in [0.25, 0.3) is 0 Å². The monoisotopic (exact) mass is 484 g/mol. The highest BCUT2D eigenvalue weighted by atomic mass is 35.5. The summed E-state index contributed by atoms with van der Waals surface area (Å²) in [6, 6.07) is 7.05. The predicted molar refractivity (Wildman–Crippen MR) is 122 cm³/mol. The molecule has 0 saturated carbocycles. The zero-order valence-corrected chi connectivity index (χ0v) is 19.6. The van der Waals surface area contributed by atoms with Gasteiger partial charge in [0, 0.05) is 24.5 Å². The first-order valence-electron chi connectivity index (χ1n) is 9.78. The number of carbonyl (C=O) groups is 1. The molecule has 1 aromatic carbocycles. The van der Waals surface area contributed by atoms with E-state index in [-0.39, 0.29) is 29.1 Å². The van der Waals surface area contributed by atoms with Crippen LogP contribution in [0.15, 0.2) is 42.1 Å². The number of nitrogens with zero attached hydrogens (tertiary/aromatic N) is 4. The zero-order valence-electron chi connectivity index (χ0n) is 17.2. The van der Waals surface area contributed by atoms with Gasteiger partial charge in [-0.2, -0.15) is 0 Å². The normalized spacial score (nSPS) is 17.4. The van der Waals surface area contributed by atoms with Crippen molar-refractivity contribution in [2.24, 2.45) is 0 Å². The van der Waals surface area contributed by atoms with Crippen LogP contribution in [0, 0.1) is 0 Å². The summed E-state index contributed by atoms with van der Waals surface area (Å²) in [6.07, 6.45) is 2.25. The van der Waals surface area contributed by atoms with E-state index < -0.39 is 9.84 Å². The molecule has 0 radical (unpaired) electrons. The molecule has 1 aromatic heterocycles. The fourth-order valence-corrected chi connectivity index (χ4v) is 5.96. The number of allylic oxidation sites excluding steroid dienone is 1. The molecule has 8 nitrogen and oxygen atoms in total. The zero-order chi connectivity index (χ0) is 22.4. The van der Waals surface area contributed by atoms with Crippen LogP contribution >= 0.6 is 23.4 Å². The van der Waals surface area contributed by atoms with Gasteiger partial charge in [-0.3, -0.25) is 4.79 Å². The molecule has 1 saturated heterocycles. The van der Waals surface area contributed by atoms with E-state index in [4.69, 9.17) is 16.3 Å². The summed E-state index contributed by atoms with van der Waals surface area (Å²) in [7, 11) is -1.31. The number of ether oxygens (including phenoxy) is 1. The lowest BCUT2D eigenvalue weighted by molar-refractivity contribution is -0.127. The molecule has 1 unspecified atom stereocenters. The Morgan fingerprint density at radius 2 is 2.13 bits per heavy atom. The Morgan fingerprint density at radius 1 is 1.39 bits per heavy atom. The SMILES string of the molecule is C=CCn1c(SCC(=O)N(C)CCOc2ccc(Cl)cc2)nnc1C1CCS(=O)(=O)C1. The molecule has 2 heterocycles. The second-order valence-electron chi connectivity index (χ2n) is 7.25. The van der Waals surface area contributed by atoms with Crippen molar-refractivity contribution in [3.63, 3.8) is 0 Å². The lowest BCUT2D eigenvalue weighted by Crippen LogP contribution is -2.32. The van der Waals surface area contributed by atoms with Gasteiger partial charge in [0.15, 0.2) is 15.0 Å². The third-order valence-electron chi connectivity index (χ3n) is 4.91. The second kappa shape index (κ2) is 10.5. The van der Waals surface area contributed by atoms with Gasteiger partial charge < -0.3 is 14.2 Å². The number of aromatic nitrogens is 3. The Hall–Kier alpha value is -2.04. The summed E-state index contributed by atoms with van der Waals surface area (Å²) < 4.78 is 31.1. The smallest absolute Gasteiger partial charge is 0.232 e. The van der Waals surface area contributed by atoms with Gasteiger partial charge in [0.25, 0.3) is 0 Å². The van der Waals surface area contributed by atoms with Crippen molar-refractivity contribution in [3.05, 3.63) is 47.8 Å². The Kier molecular flexibility index (Phi) is 8.01. The quantitative estimate of drug-likeness (QED) is 0.378. The molecule has 3 rings (SSSR count). The van der Waals surface area contributed by atoms with Crippen molar-refractivity contribution in [2.45, 2.75) is 24.0 Å². The van der Waals surface area contributed by atoms with Crippen molar-refractivity contribution in [1.29, 1.82) is 0 Å². The van der Waals surface area contributed by atoms with Gasteiger partial charge in [-0.15, -0.1) is 16.8 Å². The van der Waals surface area contributed by atoms with Gasteiger partial charge >= 0.3 is 0 Å². The van der Waals surface area contributed by atoms with E-state index in [1.54, 1.807) is 42.3 Å². The topological polar surface area (TPSA) is 94.4 Å². The molecule has 11 heteroatoms. The Bertz CT molecular complexity index is 1020. The van der Waals surface area contributed by atoms with Gasteiger partial charge in [-0.05, 0) is 30.7 Å². The number of benzene rings is 1. The van der Waals surface area contributed by atoms with Gasteiger partial charge in [0.05, 0.1) is 23.8 Å². The Labute approximate surface area is 191 Å². The number of thioether (sulfide) groups is 1. The van der Waals surface area contributed by atoms with Crippen molar-refractivity contribution in [3.8, 4) is 5.75 Å². The number of rotatable bonds is 10. The molecule has 1 atom stereocenters. The molecule has 2 aromatic rings. The van der Waals surface area contributed by atoms with E-state index in [2.05, 4.69) is 16.8 Å². The maximum atomic E-state index is 12.5. The largest absolute Gasteiger partial charge is 0.492 e. The van der Waals surface area contributed by atoms with Crippen molar-refractivity contribution in [1.82, 2.24) is 19.7 Å². The first-order valence-corrected chi connectivity index (χ1v) is 13.0. The van der Waals surface area contributed by atoms with E-state index in [9.17, 15) is 13.2 Å². The van der Waals surface area contributed by atoms with Crippen LogP contribution in [-0.2, 0) is 21.2 Å². The summed E-state index contributed by atoms with van der Waals surface area (Å²) in [6.45, 7) is 5.02. The minimum Gasteiger partial charge on any atom is -0.492 e. The lowest BCUT2D eigenvalue weighted by atomic mass is 10.1. The molecule has 168 valence electrons. The van der Waals surface area contributed by atoms with Crippen molar-refractivity contribution < 1.29 is 17.9 Å². The van der Waals surface area contributed by atoms with Gasteiger partial charge in [-0.25, -0.2) is 8.42 Å². The van der Waals surface area contributed by atoms with Gasteiger partial charge in [0.1, 0.15) is 18.2 Å². The average Bonchev–Trinajstić information content (AvgIpc) is 3.30. The summed E-state index contributed by atoms with van der Waals surface area (Å²) in [4.78, 5) is 14.1. The summed E-state index contributed by atoms with van der Waals surface area (Å²) >= 11 is 7.13. The molecule has 1 aliphatic rings. The standard InChI is InChI=1S/C20H25ClN4O4S2/c1-3-9-25-19(15-8-12-31(27,28)14-15)22-23-20(25)30-13-18(26)24(2)10-11-29-17-6-4-16(21)5-7-17/h3-7,15H,1,8-14H2,2H3. The fraction of sp³-hybridized carbons (Fsp3) is 0.450. The van der Waals surface area contributed by atoms with E-state index in [1.807, 2.05) is 4.57 Å².